The molecule has 154 valence electrons. The van der Waals surface area contributed by atoms with Crippen molar-refractivity contribution in [2.45, 2.75) is 38.3 Å². The van der Waals surface area contributed by atoms with Crippen molar-refractivity contribution in [1.82, 2.24) is 20.5 Å². The summed E-state index contributed by atoms with van der Waals surface area (Å²) < 4.78 is 28.1. The number of anilines is 1. The smallest absolute Gasteiger partial charge is 0.254 e. The fraction of sp³-hybridized carbons (Fsp3) is 0.333. The number of carbonyl (C=O) groups is 1. The van der Waals surface area contributed by atoms with Gasteiger partial charge in [0.05, 0.1) is 23.1 Å². The van der Waals surface area contributed by atoms with Gasteiger partial charge < -0.3 is 10.2 Å². The zero-order valence-electron chi connectivity index (χ0n) is 16.5. The molecule has 4 rings (SSSR count). The number of nitriles is 1. The second-order valence-electron chi connectivity index (χ2n) is 7.88. The van der Waals surface area contributed by atoms with Crippen LogP contribution in [0.5, 0.6) is 0 Å². The molecule has 2 aromatic heterocycles. The predicted molar refractivity (Wildman–Crippen MR) is 107 cm³/mol. The molecule has 30 heavy (non-hydrogen) atoms. The van der Waals surface area contributed by atoms with Crippen LogP contribution in [0.15, 0.2) is 30.5 Å². The Hall–Kier alpha value is -3.54. The highest BCUT2D eigenvalue weighted by Crippen LogP contribution is 2.39. The predicted octanol–water partition coefficient (Wildman–Crippen LogP) is 3.61. The molecule has 1 aliphatic heterocycles. The molecule has 7 nitrogen and oxygen atoms in total. The van der Waals surface area contributed by atoms with Crippen molar-refractivity contribution in [3.8, 4) is 6.07 Å². The van der Waals surface area contributed by atoms with E-state index in [-0.39, 0.29) is 17.2 Å². The summed E-state index contributed by atoms with van der Waals surface area (Å²) in [4.78, 5) is 18.7. The van der Waals surface area contributed by atoms with Crippen LogP contribution in [0.1, 0.15) is 48.7 Å². The van der Waals surface area contributed by atoms with Gasteiger partial charge in [-0.05, 0) is 51.0 Å². The van der Waals surface area contributed by atoms with Crippen molar-refractivity contribution in [1.29, 1.82) is 5.26 Å². The number of rotatable bonds is 4. The average molecular weight is 410 g/mol. The molecule has 0 unspecified atom stereocenters. The van der Waals surface area contributed by atoms with Crippen molar-refractivity contribution in [3.05, 3.63) is 53.2 Å². The van der Waals surface area contributed by atoms with Gasteiger partial charge in [0.15, 0.2) is 11.5 Å². The van der Waals surface area contributed by atoms with Gasteiger partial charge >= 0.3 is 0 Å². The van der Waals surface area contributed by atoms with E-state index in [1.807, 2.05) is 11.0 Å². The van der Waals surface area contributed by atoms with Crippen LogP contribution in [0.3, 0.4) is 0 Å². The van der Waals surface area contributed by atoms with E-state index < -0.39 is 23.1 Å². The Morgan fingerprint density at radius 2 is 2.17 bits per heavy atom. The maximum Gasteiger partial charge on any atom is 0.254 e. The minimum absolute atomic E-state index is 0.279. The average Bonchev–Trinajstić information content (AvgIpc) is 3.35. The first-order valence-corrected chi connectivity index (χ1v) is 9.58. The van der Waals surface area contributed by atoms with Crippen LogP contribution in [0.4, 0.5) is 14.6 Å². The quantitative estimate of drug-likeness (QED) is 0.685. The lowest BCUT2D eigenvalue weighted by Crippen LogP contribution is -2.42. The van der Waals surface area contributed by atoms with Crippen LogP contribution in [-0.4, -0.2) is 33.2 Å². The summed E-state index contributed by atoms with van der Waals surface area (Å²) in [5, 5.41) is 19.5. The molecule has 1 aliphatic rings. The SMILES string of the molecule is CC(C)(C#N)NC(=O)c1cnc2[nH]nc(N3CCC[C@@H]3c3cc(F)ccc3F)c2c1. The number of hydrogen-bond donors (Lipinski definition) is 2. The highest BCUT2D eigenvalue weighted by atomic mass is 19.1. The lowest BCUT2D eigenvalue weighted by Gasteiger charge is -2.25. The lowest BCUT2D eigenvalue weighted by atomic mass is 10.0. The number of aromatic nitrogens is 3. The molecular formula is C21H20F2N6O. The number of nitrogens with zero attached hydrogens (tertiary/aromatic N) is 4. The van der Waals surface area contributed by atoms with Crippen molar-refractivity contribution >= 4 is 22.8 Å². The molecule has 0 saturated carbocycles. The Morgan fingerprint density at radius 3 is 2.93 bits per heavy atom. The normalized spacial score (nSPS) is 16.6. The van der Waals surface area contributed by atoms with Crippen molar-refractivity contribution in [2.24, 2.45) is 0 Å². The van der Waals surface area contributed by atoms with Gasteiger partial charge in [0, 0.05) is 18.3 Å². The fourth-order valence-electron chi connectivity index (χ4n) is 3.73. The fourth-order valence-corrected chi connectivity index (χ4v) is 3.73. The standard InChI is InChI=1S/C21H20F2N6O/c1-21(2,11-24)26-20(30)12-8-15-18(25-10-12)27-28-19(15)29-7-3-4-17(29)14-9-13(22)5-6-16(14)23/h5-6,8-10,17H,3-4,7H2,1-2H3,(H,26,30)(H,25,27,28)/t17-/m1/s1. The van der Waals surface area contributed by atoms with E-state index in [4.69, 9.17) is 5.26 Å². The number of nitrogens with one attached hydrogen (secondary N) is 2. The van der Waals surface area contributed by atoms with E-state index in [1.54, 1.807) is 19.9 Å². The highest BCUT2D eigenvalue weighted by Gasteiger charge is 2.31. The molecule has 0 bridgehead atoms. The minimum atomic E-state index is -1.03. The number of pyridine rings is 1. The Balaban J connectivity index is 1.71. The van der Waals surface area contributed by atoms with E-state index in [0.717, 1.165) is 18.6 Å². The molecule has 2 N–H and O–H groups in total. The number of aromatic amines is 1. The van der Waals surface area contributed by atoms with E-state index >= 15 is 0 Å². The molecule has 1 saturated heterocycles. The first-order chi connectivity index (χ1) is 14.3. The molecule has 0 radical (unpaired) electrons. The molecule has 1 fully saturated rings. The lowest BCUT2D eigenvalue weighted by molar-refractivity contribution is 0.0929. The van der Waals surface area contributed by atoms with Gasteiger partial charge in [0.1, 0.15) is 17.2 Å². The van der Waals surface area contributed by atoms with Crippen LogP contribution in [0.2, 0.25) is 0 Å². The van der Waals surface area contributed by atoms with E-state index in [9.17, 15) is 13.6 Å². The number of fused-ring (bicyclic) bond motifs is 1. The number of benzene rings is 1. The molecule has 3 heterocycles. The van der Waals surface area contributed by atoms with Crippen LogP contribution in [-0.2, 0) is 0 Å². The van der Waals surface area contributed by atoms with Gasteiger partial charge in [-0.25, -0.2) is 13.8 Å². The Bertz CT molecular complexity index is 1170. The summed E-state index contributed by atoms with van der Waals surface area (Å²) in [5.41, 5.74) is 0.00846. The second kappa shape index (κ2) is 7.37. The number of amides is 1. The molecule has 0 aliphatic carbocycles. The monoisotopic (exact) mass is 410 g/mol. The number of halogens is 2. The van der Waals surface area contributed by atoms with Crippen LogP contribution < -0.4 is 10.2 Å². The van der Waals surface area contributed by atoms with Gasteiger partial charge in [0.2, 0.25) is 0 Å². The van der Waals surface area contributed by atoms with Crippen LogP contribution in [0.25, 0.3) is 11.0 Å². The topological polar surface area (TPSA) is 97.7 Å². The zero-order chi connectivity index (χ0) is 21.5. The number of H-pyrrole nitrogens is 1. The summed E-state index contributed by atoms with van der Waals surface area (Å²) in [5.74, 6) is -0.869. The maximum absolute atomic E-state index is 14.4. The van der Waals surface area contributed by atoms with Gasteiger partial charge in [0.25, 0.3) is 5.91 Å². The van der Waals surface area contributed by atoms with E-state index in [0.29, 0.717) is 29.8 Å². The van der Waals surface area contributed by atoms with Crippen LogP contribution in [0, 0.1) is 23.0 Å². The molecule has 1 atom stereocenters. The first-order valence-electron chi connectivity index (χ1n) is 9.58. The highest BCUT2D eigenvalue weighted by molar-refractivity contribution is 5.99. The molecule has 1 amide bonds. The molecular weight excluding hydrogens is 390 g/mol. The third-order valence-electron chi connectivity index (χ3n) is 5.21. The number of hydrogen-bond acceptors (Lipinski definition) is 5. The molecule has 9 heteroatoms. The summed E-state index contributed by atoms with van der Waals surface area (Å²) in [7, 11) is 0. The summed E-state index contributed by atoms with van der Waals surface area (Å²) in [6.07, 6.45) is 2.85. The summed E-state index contributed by atoms with van der Waals surface area (Å²) in [6, 6.07) is 6.73. The Labute approximate surface area is 171 Å². The zero-order valence-corrected chi connectivity index (χ0v) is 16.5. The second-order valence-corrected chi connectivity index (χ2v) is 7.88. The van der Waals surface area contributed by atoms with Gasteiger partial charge in [-0.1, -0.05) is 0 Å². The van der Waals surface area contributed by atoms with Gasteiger partial charge in [-0.15, -0.1) is 0 Å². The molecule has 1 aromatic carbocycles. The summed E-state index contributed by atoms with van der Waals surface area (Å²) >= 11 is 0. The van der Waals surface area contributed by atoms with Crippen molar-refractivity contribution in [2.75, 3.05) is 11.4 Å². The third-order valence-corrected chi connectivity index (χ3v) is 5.21. The largest absolute Gasteiger partial charge is 0.347 e. The van der Waals surface area contributed by atoms with Crippen molar-refractivity contribution < 1.29 is 13.6 Å². The van der Waals surface area contributed by atoms with E-state index in [2.05, 4.69) is 20.5 Å². The third kappa shape index (κ3) is 3.56. The van der Waals surface area contributed by atoms with Crippen LogP contribution >= 0.6 is 0 Å². The maximum atomic E-state index is 14.4. The molecule has 3 aromatic rings. The van der Waals surface area contributed by atoms with Crippen molar-refractivity contribution in [3.63, 3.8) is 0 Å². The minimum Gasteiger partial charge on any atom is -0.347 e. The Morgan fingerprint density at radius 1 is 1.37 bits per heavy atom. The number of carbonyl (C=O) groups excluding carboxylic acids is 1. The van der Waals surface area contributed by atoms with Gasteiger partial charge in [-0.2, -0.15) is 10.4 Å². The summed E-state index contributed by atoms with van der Waals surface area (Å²) in [6.45, 7) is 3.81. The van der Waals surface area contributed by atoms with E-state index in [1.165, 1.54) is 12.3 Å². The first kappa shape index (κ1) is 19.8. The molecule has 0 spiro atoms. The van der Waals surface area contributed by atoms with Gasteiger partial charge in [-0.3, -0.25) is 9.89 Å². The Kier molecular flexibility index (Phi) is 4.86.